The van der Waals surface area contributed by atoms with E-state index in [-0.39, 0.29) is 28.1 Å². The molecule has 0 unspecified atom stereocenters. The molecule has 208 valence electrons. The van der Waals surface area contributed by atoms with E-state index >= 15 is 0 Å². The summed E-state index contributed by atoms with van der Waals surface area (Å²) in [7, 11) is -4.18. The minimum Gasteiger partial charge on any atom is -0.350 e. The first-order valence-electron chi connectivity index (χ1n) is 12.4. The fourth-order valence-corrected chi connectivity index (χ4v) is 5.83. The first-order chi connectivity index (χ1) is 18.2. The zero-order valence-electron chi connectivity index (χ0n) is 22.6. The molecule has 0 spiro atoms. The molecule has 0 saturated heterocycles. The molecule has 3 rings (SSSR count). The number of para-hydroxylation sites is 1. The average Bonchev–Trinajstić information content (AvgIpc) is 2.86. The van der Waals surface area contributed by atoms with Crippen LogP contribution in [0.1, 0.15) is 38.8 Å². The van der Waals surface area contributed by atoms with E-state index in [2.05, 4.69) is 21.2 Å². The number of nitrogens with one attached hydrogen (secondary N) is 1. The molecule has 0 aliphatic heterocycles. The molecular formula is C29H33BrClN3O4S. The second kappa shape index (κ2) is 12.5. The van der Waals surface area contributed by atoms with Gasteiger partial charge in [0, 0.05) is 16.6 Å². The van der Waals surface area contributed by atoms with Crippen LogP contribution in [0.25, 0.3) is 0 Å². The Morgan fingerprint density at radius 3 is 2.13 bits per heavy atom. The van der Waals surface area contributed by atoms with Crippen LogP contribution in [-0.2, 0) is 26.2 Å². The highest BCUT2D eigenvalue weighted by Gasteiger charge is 2.34. The van der Waals surface area contributed by atoms with Gasteiger partial charge in [0.1, 0.15) is 12.6 Å². The summed E-state index contributed by atoms with van der Waals surface area (Å²) in [5, 5.41) is 3.09. The van der Waals surface area contributed by atoms with Crippen molar-refractivity contribution in [1.82, 2.24) is 10.2 Å². The van der Waals surface area contributed by atoms with E-state index < -0.39 is 34.1 Å². The molecule has 0 aliphatic carbocycles. The molecule has 2 amide bonds. The van der Waals surface area contributed by atoms with E-state index in [1.165, 1.54) is 17.0 Å². The number of sulfonamides is 1. The van der Waals surface area contributed by atoms with Crippen molar-refractivity contribution >= 4 is 55.1 Å². The van der Waals surface area contributed by atoms with Crippen molar-refractivity contribution < 1.29 is 18.0 Å². The SMILES string of the molecule is Cc1ccc(S(=O)(=O)N(CC(=O)N(Cc2ccc(Br)cc2)[C@@H](C)C(=O)NC(C)(C)C)c2ccccc2Cl)cc1. The van der Waals surface area contributed by atoms with Gasteiger partial charge in [-0.2, -0.15) is 0 Å². The number of amides is 2. The summed E-state index contributed by atoms with van der Waals surface area (Å²) in [4.78, 5) is 28.5. The van der Waals surface area contributed by atoms with Gasteiger partial charge in [-0.05, 0) is 76.6 Å². The maximum atomic E-state index is 13.9. The number of nitrogens with zero attached hydrogens (tertiary/aromatic N) is 2. The van der Waals surface area contributed by atoms with Crippen LogP contribution in [0.4, 0.5) is 5.69 Å². The number of anilines is 1. The van der Waals surface area contributed by atoms with Gasteiger partial charge in [-0.15, -0.1) is 0 Å². The van der Waals surface area contributed by atoms with E-state index in [0.29, 0.717) is 0 Å². The predicted molar refractivity (Wildman–Crippen MR) is 159 cm³/mol. The quantitative estimate of drug-likeness (QED) is 0.316. The Bertz CT molecular complexity index is 1420. The maximum Gasteiger partial charge on any atom is 0.264 e. The number of hydrogen-bond donors (Lipinski definition) is 1. The Labute approximate surface area is 244 Å². The summed E-state index contributed by atoms with van der Waals surface area (Å²) >= 11 is 9.84. The van der Waals surface area contributed by atoms with Crippen LogP contribution in [0.3, 0.4) is 0 Å². The minimum absolute atomic E-state index is 0.0267. The van der Waals surface area contributed by atoms with Crippen LogP contribution in [-0.4, -0.2) is 43.3 Å². The van der Waals surface area contributed by atoms with Crippen molar-refractivity contribution in [2.75, 3.05) is 10.8 Å². The fourth-order valence-electron chi connectivity index (χ4n) is 3.85. The molecule has 10 heteroatoms. The minimum atomic E-state index is -4.18. The molecule has 0 saturated carbocycles. The number of aryl methyl sites for hydroxylation is 1. The first-order valence-corrected chi connectivity index (χ1v) is 15.0. The third-order valence-electron chi connectivity index (χ3n) is 5.94. The Kier molecular flexibility index (Phi) is 9.85. The molecule has 0 radical (unpaired) electrons. The van der Waals surface area contributed by atoms with Crippen molar-refractivity contribution in [2.24, 2.45) is 0 Å². The van der Waals surface area contributed by atoms with Gasteiger partial charge in [-0.1, -0.05) is 69.5 Å². The molecule has 1 atom stereocenters. The van der Waals surface area contributed by atoms with E-state index in [4.69, 9.17) is 11.6 Å². The Balaban J connectivity index is 2.04. The molecule has 7 nitrogen and oxygen atoms in total. The lowest BCUT2D eigenvalue weighted by molar-refractivity contribution is -0.140. The van der Waals surface area contributed by atoms with Gasteiger partial charge in [-0.25, -0.2) is 8.42 Å². The molecule has 0 heterocycles. The van der Waals surface area contributed by atoms with Crippen molar-refractivity contribution in [3.05, 3.63) is 93.4 Å². The molecule has 39 heavy (non-hydrogen) atoms. The third kappa shape index (κ3) is 8.06. The van der Waals surface area contributed by atoms with Crippen molar-refractivity contribution in [2.45, 2.75) is 57.6 Å². The van der Waals surface area contributed by atoms with Crippen LogP contribution in [0.15, 0.2) is 82.2 Å². The van der Waals surface area contributed by atoms with Gasteiger partial charge in [-0.3, -0.25) is 13.9 Å². The lowest BCUT2D eigenvalue weighted by Gasteiger charge is -2.33. The Hall–Kier alpha value is -2.88. The molecule has 0 fully saturated rings. The lowest BCUT2D eigenvalue weighted by atomic mass is 10.1. The van der Waals surface area contributed by atoms with E-state index in [0.717, 1.165) is 19.9 Å². The zero-order chi connectivity index (χ0) is 29.0. The van der Waals surface area contributed by atoms with Crippen molar-refractivity contribution in [1.29, 1.82) is 0 Å². The van der Waals surface area contributed by atoms with Gasteiger partial charge in [0.25, 0.3) is 10.0 Å². The lowest BCUT2D eigenvalue weighted by Crippen LogP contribution is -2.54. The van der Waals surface area contributed by atoms with E-state index in [1.807, 2.05) is 52.0 Å². The second-order valence-electron chi connectivity index (χ2n) is 10.3. The van der Waals surface area contributed by atoms with E-state index in [9.17, 15) is 18.0 Å². The molecule has 0 bridgehead atoms. The van der Waals surface area contributed by atoms with Crippen LogP contribution in [0.5, 0.6) is 0 Å². The number of rotatable bonds is 9. The summed E-state index contributed by atoms with van der Waals surface area (Å²) in [5.74, 6) is -0.899. The first kappa shape index (κ1) is 30.7. The molecular weight excluding hydrogens is 602 g/mol. The highest BCUT2D eigenvalue weighted by Crippen LogP contribution is 2.31. The third-order valence-corrected chi connectivity index (χ3v) is 8.56. The highest BCUT2D eigenvalue weighted by atomic mass is 79.9. The summed E-state index contributed by atoms with van der Waals surface area (Å²) in [6.07, 6.45) is 0. The fraction of sp³-hybridized carbons (Fsp3) is 0.310. The standard InChI is InChI=1S/C29H33BrClN3O4S/c1-20-10-16-24(17-11-20)39(37,38)34(26-9-7-6-8-25(26)31)19-27(35)33(18-22-12-14-23(30)15-13-22)21(2)28(36)32-29(3,4)5/h6-17,21H,18-19H2,1-5H3,(H,32,36)/t21-/m0/s1. The molecule has 0 aromatic heterocycles. The number of hydrogen-bond acceptors (Lipinski definition) is 4. The topological polar surface area (TPSA) is 86.8 Å². The molecule has 0 aliphatic rings. The smallest absolute Gasteiger partial charge is 0.264 e. The number of benzene rings is 3. The maximum absolute atomic E-state index is 13.9. The van der Waals surface area contributed by atoms with Gasteiger partial charge < -0.3 is 10.2 Å². The summed E-state index contributed by atoms with van der Waals surface area (Å²) < 4.78 is 29.6. The molecule has 1 N–H and O–H groups in total. The number of halogens is 2. The average molecular weight is 635 g/mol. The van der Waals surface area contributed by atoms with Gasteiger partial charge in [0.15, 0.2) is 0 Å². The van der Waals surface area contributed by atoms with Crippen LogP contribution in [0.2, 0.25) is 5.02 Å². The summed E-state index contributed by atoms with van der Waals surface area (Å²) in [6.45, 7) is 8.60. The molecule has 3 aromatic carbocycles. The highest BCUT2D eigenvalue weighted by molar-refractivity contribution is 9.10. The predicted octanol–water partition coefficient (Wildman–Crippen LogP) is 5.94. The molecule has 3 aromatic rings. The van der Waals surface area contributed by atoms with E-state index in [1.54, 1.807) is 43.3 Å². The second-order valence-corrected chi connectivity index (χ2v) is 13.5. The monoisotopic (exact) mass is 633 g/mol. The van der Waals surface area contributed by atoms with Crippen molar-refractivity contribution in [3.8, 4) is 0 Å². The normalized spacial score (nSPS) is 12.5. The largest absolute Gasteiger partial charge is 0.350 e. The Morgan fingerprint density at radius 1 is 0.974 bits per heavy atom. The van der Waals surface area contributed by atoms with Gasteiger partial charge in [0.2, 0.25) is 11.8 Å². The van der Waals surface area contributed by atoms with Crippen LogP contribution < -0.4 is 9.62 Å². The summed E-state index contributed by atoms with van der Waals surface area (Å²) in [5.41, 5.74) is 1.33. The summed E-state index contributed by atoms with van der Waals surface area (Å²) in [6, 6.07) is 19.3. The van der Waals surface area contributed by atoms with Gasteiger partial charge in [0.05, 0.1) is 15.6 Å². The number of carbonyl (C=O) groups excluding carboxylic acids is 2. The number of carbonyl (C=O) groups is 2. The van der Waals surface area contributed by atoms with Crippen LogP contribution in [0, 0.1) is 6.92 Å². The van der Waals surface area contributed by atoms with Gasteiger partial charge >= 0.3 is 0 Å². The zero-order valence-corrected chi connectivity index (χ0v) is 25.8. The Morgan fingerprint density at radius 2 is 1.56 bits per heavy atom. The van der Waals surface area contributed by atoms with Crippen LogP contribution >= 0.6 is 27.5 Å². The van der Waals surface area contributed by atoms with Crippen molar-refractivity contribution in [3.63, 3.8) is 0 Å².